The van der Waals surface area contributed by atoms with Crippen molar-refractivity contribution in [2.45, 2.75) is 75.5 Å². The van der Waals surface area contributed by atoms with Crippen LogP contribution in [0.25, 0.3) is 0 Å². The van der Waals surface area contributed by atoms with Gasteiger partial charge >= 0.3 is 0 Å². The minimum Gasteiger partial charge on any atom is -0.489 e. The van der Waals surface area contributed by atoms with Crippen molar-refractivity contribution in [1.82, 2.24) is 20.9 Å². The molecule has 3 amide bonds. The zero-order valence-corrected chi connectivity index (χ0v) is 23.6. The van der Waals surface area contributed by atoms with E-state index in [0.717, 1.165) is 5.56 Å². The molecule has 11 heteroatoms. The van der Waals surface area contributed by atoms with E-state index in [4.69, 9.17) is 4.74 Å². The molecule has 2 aromatic carbocycles. The maximum Gasteiger partial charge on any atom is 0.243 e. The van der Waals surface area contributed by atoms with E-state index < -0.39 is 53.4 Å². The van der Waals surface area contributed by atoms with Crippen molar-refractivity contribution in [3.8, 4) is 5.75 Å². The summed E-state index contributed by atoms with van der Waals surface area (Å²) in [5, 5.41) is 30.2. The van der Waals surface area contributed by atoms with Gasteiger partial charge in [-0.1, -0.05) is 30.3 Å². The highest BCUT2D eigenvalue weighted by molar-refractivity contribution is 5.93. The van der Waals surface area contributed by atoms with Crippen molar-refractivity contribution < 1.29 is 33.7 Å². The Bertz CT molecular complexity index is 1240. The average Bonchev–Trinajstić information content (AvgIpc) is 3.69. The number of hydrogen-bond donors (Lipinski definition) is 5. The number of aliphatic hydroxyl groups excluding tert-OH is 1. The van der Waals surface area contributed by atoms with Crippen molar-refractivity contribution in [1.29, 1.82) is 0 Å². The highest BCUT2D eigenvalue weighted by Gasteiger charge is 2.52. The molecule has 1 aliphatic carbocycles. The molecule has 10 nitrogen and oxygen atoms in total. The van der Waals surface area contributed by atoms with Crippen LogP contribution in [-0.2, 0) is 27.2 Å². The lowest BCUT2D eigenvalue weighted by Gasteiger charge is -2.32. The number of halogens is 1. The molecule has 0 radical (unpaired) electrons. The highest BCUT2D eigenvalue weighted by atomic mass is 19.1. The van der Waals surface area contributed by atoms with Gasteiger partial charge in [0.25, 0.3) is 0 Å². The molecule has 5 atom stereocenters. The van der Waals surface area contributed by atoms with Crippen LogP contribution in [0.2, 0.25) is 0 Å². The SMILES string of the molecule is CC1CNC(C2(O)CC2)C(=O)N(C)C(C)C(=O)NC(Cc2ccc(F)cc2)C(=O)NCC(O)Cc2ccccc2O1. The fourth-order valence-corrected chi connectivity index (χ4v) is 4.85. The summed E-state index contributed by atoms with van der Waals surface area (Å²) in [4.78, 5) is 41.3. The number of rotatable bonds is 3. The summed E-state index contributed by atoms with van der Waals surface area (Å²) in [6.07, 6.45) is -0.163. The number of fused-ring (bicyclic) bond motifs is 1. The number of carbonyl (C=O) groups is 3. The van der Waals surface area contributed by atoms with Crippen LogP contribution >= 0.6 is 0 Å². The van der Waals surface area contributed by atoms with Crippen molar-refractivity contribution in [3.63, 3.8) is 0 Å². The topological polar surface area (TPSA) is 140 Å². The van der Waals surface area contributed by atoms with Crippen LogP contribution < -0.4 is 20.7 Å². The fraction of sp³-hybridized carbons (Fsp3) is 0.500. The Balaban J connectivity index is 1.61. The number of ether oxygens (including phenoxy) is 1. The van der Waals surface area contributed by atoms with Gasteiger partial charge in [-0.05, 0) is 56.0 Å². The van der Waals surface area contributed by atoms with E-state index in [1.54, 1.807) is 13.0 Å². The van der Waals surface area contributed by atoms with Gasteiger partial charge in [-0.15, -0.1) is 0 Å². The van der Waals surface area contributed by atoms with Gasteiger partial charge in [0.1, 0.15) is 35.8 Å². The number of hydrogen-bond acceptors (Lipinski definition) is 7. The van der Waals surface area contributed by atoms with Crippen LogP contribution in [0.3, 0.4) is 0 Å². The molecular formula is C30H39FN4O6. The number of nitrogens with zero attached hydrogens (tertiary/aromatic N) is 1. The van der Waals surface area contributed by atoms with E-state index in [1.807, 2.05) is 25.1 Å². The molecule has 5 N–H and O–H groups in total. The molecule has 1 fully saturated rings. The number of benzene rings is 2. The maximum absolute atomic E-state index is 13.5. The Labute approximate surface area is 239 Å². The van der Waals surface area contributed by atoms with Gasteiger partial charge in [0, 0.05) is 33.0 Å². The van der Waals surface area contributed by atoms with Crippen LogP contribution in [-0.4, -0.2) is 88.9 Å². The Morgan fingerprint density at radius 2 is 1.71 bits per heavy atom. The molecule has 0 spiro atoms. The van der Waals surface area contributed by atoms with Crippen molar-refractivity contribution >= 4 is 17.7 Å². The third-order valence-corrected chi connectivity index (χ3v) is 7.72. The van der Waals surface area contributed by atoms with Gasteiger partial charge in [-0.2, -0.15) is 0 Å². The first kappa shape index (κ1) is 30.4. The second kappa shape index (κ2) is 13.0. The molecule has 0 aromatic heterocycles. The standard InChI is InChI=1S/C30H39FN4O6/c1-18-16-32-26(30(40)12-13-30)29(39)35(3)19(2)27(37)34-24(14-20-8-10-22(31)11-9-20)28(38)33-17-23(36)15-21-6-4-5-7-25(21)41-18/h4-11,18-19,23-24,26,32,36,40H,12-17H2,1-3H3,(H,33,38)(H,34,37). The first-order valence-electron chi connectivity index (χ1n) is 13.9. The summed E-state index contributed by atoms with van der Waals surface area (Å²) in [6.45, 7) is 3.55. The van der Waals surface area contributed by atoms with Crippen LogP contribution in [0.1, 0.15) is 37.8 Å². The molecule has 5 unspecified atom stereocenters. The Kier molecular flexibility index (Phi) is 9.62. The van der Waals surface area contributed by atoms with Gasteiger partial charge < -0.3 is 30.5 Å². The van der Waals surface area contributed by atoms with Gasteiger partial charge in [-0.25, -0.2) is 4.39 Å². The van der Waals surface area contributed by atoms with Crippen LogP contribution in [0.5, 0.6) is 5.75 Å². The Morgan fingerprint density at radius 3 is 2.39 bits per heavy atom. The van der Waals surface area contributed by atoms with Crippen molar-refractivity contribution in [2.24, 2.45) is 0 Å². The van der Waals surface area contributed by atoms with Gasteiger partial charge in [0.2, 0.25) is 17.7 Å². The molecule has 2 aromatic rings. The molecule has 1 saturated carbocycles. The average molecular weight is 571 g/mol. The number of para-hydroxylation sites is 1. The molecule has 222 valence electrons. The molecule has 2 aliphatic rings. The zero-order chi connectivity index (χ0) is 29.7. The number of β-amino-alcohol motifs (C(OH)–C–C–N with tert-alkyl or cyclic N) is 1. The maximum atomic E-state index is 13.5. The normalized spacial score (nSPS) is 27.9. The highest BCUT2D eigenvalue weighted by Crippen LogP contribution is 2.39. The molecule has 0 saturated heterocycles. The number of nitrogens with one attached hydrogen (secondary N) is 3. The lowest BCUT2D eigenvalue weighted by molar-refractivity contribution is -0.143. The van der Waals surface area contributed by atoms with E-state index in [1.165, 1.54) is 36.2 Å². The van der Waals surface area contributed by atoms with Crippen molar-refractivity contribution in [2.75, 3.05) is 20.1 Å². The summed E-state index contributed by atoms with van der Waals surface area (Å²) in [7, 11) is 1.48. The lowest BCUT2D eigenvalue weighted by atomic mass is 10.0. The van der Waals surface area contributed by atoms with Gasteiger partial charge in [0.15, 0.2) is 0 Å². The summed E-state index contributed by atoms with van der Waals surface area (Å²) in [5.41, 5.74) is 0.127. The van der Waals surface area contributed by atoms with Crippen LogP contribution in [0, 0.1) is 5.82 Å². The summed E-state index contributed by atoms with van der Waals surface area (Å²) in [5.74, 6) is -1.42. The third-order valence-electron chi connectivity index (χ3n) is 7.72. The molecule has 1 aliphatic heterocycles. The Morgan fingerprint density at radius 1 is 1.02 bits per heavy atom. The molecule has 1 heterocycles. The lowest BCUT2D eigenvalue weighted by Crippen LogP contribution is -2.59. The summed E-state index contributed by atoms with van der Waals surface area (Å²) >= 11 is 0. The van der Waals surface area contributed by atoms with E-state index >= 15 is 0 Å². The second-order valence-electron chi connectivity index (χ2n) is 11.1. The smallest absolute Gasteiger partial charge is 0.243 e. The molecular weight excluding hydrogens is 531 g/mol. The summed E-state index contributed by atoms with van der Waals surface area (Å²) in [6, 6.07) is 9.87. The molecule has 41 heavy (non-hydrogen) atoms. The largest absolute Gasteiger partial charge is 0.489 e. The predicted octanol–water partition coefficient (Wildman–Crippen LogP) is 0.684. The number of amides is 3. The van der Waals surface area contributed by atoms with Crippen LogP contribution in [0.15, 0.2) is 48.5 Å². The van der Waals surface area contributed by atoms with E-state index in [-0.39, 0.29) is 32.0 Å². The van der Waals surface area contributed by atoms with Gasteiger partial charge in [-0.3, -0.25) is 19.7 Å². The van der Waals surface area contributed by atoms with E-state index in [9.17, 15) is 29.0 Å². The first-order chi connectivity index (χ1) is 19.5. The quantitative estimate of drug-likeness (QED) is 0.366. The molecule has 0 bridgehead atoms. The first-order valence-corrected chi connectivity index (χ1v) is 13.9. The zero-order valence-electron chi connectivity index (χ0n) is 23.6. The monoisotopic (exact) mass is 570 g/mol. The van der Waals surface area contributed by atoms with Crippen molar-refractivity contribution in [3.05, 3.63) is 65.5 Å². The minimum absolute atomic E-state index is 0.0663. The summed E-state index contributed by atoms with van der Waals surface area (Å²) < 4.78 is 19.6. The third kappa shape index (κ3) is 7.81. The number of aliphatic hydroxyl groups is 2. The van der Waals surface area contributed by atoms with Crippen LogP contribution in [0.4, 0.5) is 4.39 Å². The predicted molar refractivity (Wildman–Crippen MR) is 149 cm³/mol. The van der Waals surface area contributed by atoms with E-state index in [0.29, 0.717) is 24.2 Å². The second-order valence-corrected chi connectivity index (χ2v) is 11.1. The fourth-order valence-electron chi connectivity index (χ4n) is 4.85. The van der Waals surface area contributed by atoms with E-state index in [2.05, 4.69) is 16.0 Å². The van der Waals surface area contributed by atoms with Gasteiger partial charge in [0.05, 0.1) is 11.7 Å². The number of likely N-dealkylation sites (N-methyl/N-ethyl adjacent to an activating group) is 1. The molecule has 4 rings (SSSR count). The minimum atomic E-state index is -1.23. The Hall–Kier alpha value is -3.54. The number of carbonyl (C=O) groups excluding carboxylic acids is 3.